The Labute approximate surface area is 180 Å². The fraction of sp³-hybridized carbons (Fsp3) is 0.316. The van der Waals surface area contributed by atoms with Gasteiger partial charge in [0.2, 0.25) is 0 Å². The fourth-order valence-electron chi connectivity index (χ4n) is 2.89. The molecule has 1 unspecified atom stereocenters. The Kier molecular flexibility index (Phi) is 6.73. The number of rotatable bonds is 6. The summed E-state index contributed by atoms with van der Waals surface area (Å²) in [5.74, 6) is 0.939. The first kappa shape index (κ1) is 20.5. The molecule has 3 rings (SSSR count). The Bertz CT molecular complexity index is 858. The molecular weight excluding hydrogens is 506 g/mol. The number of fused-ring (bicyclic) bond motifs is 1. The molecule has 0 aromatic heterocycles. The molecule has 1 heterocycles. The number of benzene rings is 2. The molecule has 0 bridgehead atoms. The van der Waals surface area contributed by atoms with Gasteiger partial charge in [-0.1, -0.05) is 29.3 Å². The van der Waals surface area contributed by atoms with Gasteiger partial charge in [0.1, 0.15) is 17.6 Å². The third-order valence-electron chi connectivity index (χ3n) is 4.34. The summed E-state index contributed by atoms with van der Waals surface area (Å²) in [5, 5.41) is 10.6. The van der Waals surface area contributed by atoms with Crippen molar-refractivity contribution in [1.82, 2.24) is 0 Å². The van der Waals surface area contributed by atoms with Gasteiger partial charge in [-0.15, -0.1) is 0 Å². The molecule has 0 saturated heterocycles. The first-order valence-electron chi connectivity index (χ1n) is 8.18. The molecule has 0 aliphatic carbocycles. The Hall–Kier alpha value is -1.22. The number of halogens is 3. The summed E-state index contributed by atoms with van der Waals surface area (Å²) in [7, 11) is 1.37. The molecule has 1 aliphatic rings. The molecule has 8 heteroatoms. The second-order valence-corrected chi connectivity index (χ2v) is 8.05. The van der Waals surface area contributed by atoms with Crippen molar-refractivity contribution in [3.63, 3.8) is 0 Å². The van der Waals surface area contributed by atoms with Crippen LogP contribution in [0.5, 0.6) is 11.5 Å². The molecule has 5 nitrogen and oxygen atoms in total. The second kappa shape index (κ2) is 8.86. The smallest absolute Gasteiger partial charge is 0.306 e. The first-order chi connectivity index (χ1) is 12.9. The molecule has 2 aromatic carbocycles. The van der Waals surface area contributed by atoms with Crippen LogP contribution in [0.2, 0.25) is 10.0 Å². The molecular formula is C19H17Cl2IO5. The zero-order chi connectivity index (χ0) is 19.6. The van der Waals surface area contributed by atoms with Gasteiger partial charge >= 0.3 is 5.97 Å². The quantitative estimate of drug-likeness (QED) is 0.438. The second-order valence-electron chi connectivity index (χ2n) is 6.07. The van der Waals surface area contributed by atoms with Gasteiger partial charge in [0, 0.05) is 17.5 Å². The van der Waals surface area contributed by atoms with Gasteiger partial charge in [-0.25, -0.2) is 0 Å². The standard InChI is InChI=1S/C19H17Cl2IO5/c1-25-19(24)5-11-9-26-16-7-17(15(22)6-12(11)16)27-18(8-23)10-2-3-13(20)14(21)4-10/h2-4,6-7,11,18,23H,5,8-9H2,1H3/t11-,18?/m1/s1. The lowest BCUT2D eigenvalue weighted by molar-refractivity contribution is -0.141. The van der Waals surface area contributed by atoms with Gasteiger partial charge in [-0.2, -0.15) is 0 Å². The molecule has 2 atom stereocenters. The van der Waals surface area contributed by atoms with Crippen molar-refractivity contribution >= 4 is 51.8 Å². The molecule has 0 fully saturated rings. The summed E-state index contributed by atoms with van der Waals surface area (Å²) >= 11 is 14.2. The third kappa shape index (κ3) is 4.62. The van der Waals surface area contributed by atoms with Crippen LogP contribution in [0.4, 0.5) is 0 Å². The van der Waals surface area contributed by atoms with Crippen LogP contribution in [-0.4, -0.2) is 31.4 Å². The Morgan fingerprint density at radius 1 is 1.33 bits per heavy atom. The number of esters is 1. The summed E-state index contributed by atoms with van der Waals surface area (Å²) in [6, 6.07) is 8.83. The number of aliphatic hydroxyl groups excluding tert-OH is 1. The lowest BCUT2D eigenvalue weighted by Gasteiger charge is -2.19. The average Bonchev–Trinajstić information content (AvgIpc) is 3.03. The van der Waals surface area contributed by atoms with Crippen LogP contribution in [0, 0.1) is 3.57 Å². The van der Waals surface area contributed by atoms with E-state index in [0.29, 0.717) is 33.7 Å². The summed E-state index contributed by atoms with van der Waals surface area (Å²) in [6.45, 7) is 0.192. The topological polar surface area (TPSA) is 65.0 Å². The predicted molar refractivity (Wildman–Crippen MR) is 111 cm³/mol. The monoisotopic (exact) mass is 522 g/mol. The van der Waals surface area contributed by atoms with Crippen molar-refractivity contribution in [2.24, 2.45) is 0 Å². The molecule has 27 heavy (non-hydrogen) atoms. The Morgan fingerprint density at radius 2 is 2.11 bits per heavy atom. The maximum atomic E-state index is 11.6. The van der Waals surface area contributed by atoms with E-state index in [-0.39, 0.29) is 24.9 Å². The number of aliphatic hydroxyl groups is 1. The van der Waals surface area contributed by atoms with Gasteiger partial charge in [-0.3, -0.25) is 4.79 Å². The highest BCUT2D eigenvalue weighted by atomic mass is 127. The Morgan fingerprint density at radius 3 is 2.78 bits per heavy atom. The minimum absolute atomic E-state index is 0.0428. The number of ether oxygens (including phenoxy) is 3. The van der Waals surface area contributed by atoms with Crippen molar-refractivity contribution in [2.45, 2.75) is 18.4 Å². The normalized spacial score (nSPS) is 16.4. The number of carbonyl (C=O) groups is 1. The highest BCUT2D eigenvalue weighted by Crippen LogP contribution is 2.42. The van der Waals surface area contributed by atoms with Gasteiger partial charge in [0.15, 0.2) is 0 Å². The zero-order valence-electron chi connectivity index (χ0n) is 14.4. The molecule has 144 valence electrons. The number of hydrogen-bond acceptors (Lipinski definition) is 5. The fourth-order valence-corrected chi connectivity index (χ4v) is 3.82. The van der Waals surface area contributed by atoms with Crippen LogP contribution in [0.3, 0.4) is 0 Å². The number of hydrogen-bond donors (Lipinski definition) is 1. The first-order valence-corrected chi connectivity index (χ1v) is 10.0. The molecule has 1 aliphatic heterocycles. The van der Waals surface area contributed by atoms with Crippen molar-refractivity contribution in [1.29, 1.82) is 0 Å². The van der Waals surface area contributed by atoms with E-state index in [2.05, 4.69) is 22.6 Å². The van der Waals surface area contributed by atoms with E-state index < -0.39 is 6.10 Å². The largest absolute Gasteiger partial charge is 0.492 e. The maximum Gasteiger partial charge on any atom is 0.306 e. The predicted octanol–water partition coefficient (Wildman–Crippen LogP) is 4.75. The van der Waals surface area contributed by atoms with E-state index in [0.717, 1.165) is 9.13 Å². The highest BCUT2D eigenvalue weighted by molar-refractivity contribution is 14.1. The summed E-state index contributed by atoms with van der Waals surface area (Å²) in [6.07, 6.45) is -0.332. The molecule has 0 saturated carbocycles. The maximum absolute atomic E-state index is 11.6. The summed E-state index contributed by atoms with van der Waals surface area (Å²) in [5.41, 5.74) is 1.67. The van der Waals surface area contributed by atoms with Gasteiger partial charge < -0.3 is 19.3 Å². The number of carbonyl (C=O) groups excluding carboxylic acids is 1. The van der Waals surface area contributed by atoms with E-state index in [1.165, 1.54) is 7.11 Å². The van der Waals surface area contributed by atoms with E-state index in [1.54, 1.807) is 24.3 Å². The lowest BCUT2D eigenvalue weighted by Crippen LogP contribution is -2.13. The molecule has 0 spiro atoms. The van der Waals surface area contributed by atoms with Crippen LogP contribution in [0.15, 0.2) is 30.3 Å². The lowest BCUT2D eigenvalue weighted by atomic mass is 9.98. The van der Waals surface area contributed by atoms with Gasteiger partial charge in [0.05, 0.1) is 40.4 Å². The molecule has 1 N–H and O–H groups in total. The average molecular weight is 523 g/mol. The van der Waals surface area contributed by atoms with Crippen molar-refractivity contribution in [2.75, 3.05) is 20.3 Å². The minimum atomic E-state index is -0.599. The van der Waals surface area contributed by atoms with Gasteiger partial charge in [-0.05, 0) is 46.4 Å². The minimum Gasteiger partial charge on any atom is -0.492 e. The van der Waals surface area contributed by atoms with Crippen LogP contribution < -0.4 is 9.47 Å². The molecule has 0 amide bonds. The van der Waals surface area contributed by atoms with E-state index in [9.17, 15) is 9.90 Å². The highest BCUT2D eigenvalue weighted by Gasteiger charge is 2.29. The van der Waals surface area contributed by atoms with Crippen molar-refractivity contribution in [3.05, 3.63) is 55.1 Å². The van der Waals surface area contributed by atoms with E-state index >= 15 is 0 Å². The summed E-state index contributed by atoms with van der Waals surface area (Å²) < 4.78 is 17.3. The zero-order valence-corrected chi connectivity index (χ0v) is 18.0. The van der Waals surface area contributed by atoms with E-state index in [1.807, 2.05) is 6.07 Å². The van der Waals surface area contributed by atoms with Crippen LogP contribution >= 0.6 is 45.8 Å². The summed E-state index contributed by atoms with van der Waals surface area (Å²) in [4.78, 5) is 11.6. The number of methoxy groups -OCH3 is 1. The van der Waals surface area contributed by atoms with Crippen LogP contribution in [0.25, 0.3) is 0 Å². The van der Waals surface area contributed by atoms with Crippen LogP contribution in [0.1, 0.15) is 29.6 Å². The Balaban J connectivity index is 1.83. The SMILES string of the molecule is COC(=O)C[C@@H]1COc2cc(OC(CO)c3ccc(Cl)c(Cl)c3)c(I)cc21. The van der Waals surface area contributed by atoms with Crippen molar-refractivity contribution < 1.29 is 24.1 Å². The molecule has 2 aromatic rings. The third-order valence-corrected chi connectivity index (χ3v) is 5.92. The van der Waals surface area contributed by atoms with Gasteiger partial charge in [0.25, 0.3) is 0 Å². The van der Waals surface area contributed by atoms with Crippen LogP contribution in [-0.2, 0) is 9.53 Å². The van der Waals surface area contributed by atoms with E-state index in [4.69, 9.17) is 37.4 Å². The molecule has 0 radical (unpaired) electrons. The van der Waals surface area contributed by atoms with Crippen molar-refractivity contribution in [3.8, 4) is 11.5 Å².